The average molecular weight is 454 g/mol. The minimum atomic E-state index is 0. The van der Waals surface area contributed by atoms with Crippen molar-refractivity contribution in [3.63, 3.8) is 0 Å². The van der Waals surface area contributed by atoms with E-state index in [9.17, 15) is 0 Å². The van der Waals surface area contributed by atoms with E-state index in [0.29, 0.717) is 12.5 Å². The Morgan fingerprint density at radius 3 is 2.70 bits per heavy atom. The van der Waals surface area contributed by atoms with Crippen LogP contribution in [0.25, 0.3) is 0 Å². The van der Waals surface area contributed by atoms with E-state index in [1.54, 1.807) is 18.4 Å². The van der Waals surface area contributed by atoms with Gasteiger partial charge in [-0.15, -0.1) is 35.3 Å². The quantitative estimate of drug-likeness (QED) is 0.245. The Balaban J connectivity index is 0.00000484. The van der Waals surface area contributed by atoms with E-state index in [0.717, 1.165) is 49.2 Å². The number of hydrogen-bond acceptors (Lipinski definition) is 4. The highest BCUT2D eigenvalue weighted by molar-refractivity contribution is 14.0. The molecule has 5 nitrogen and oxygen atoms in total. The van der Waals surface area contributed by atoms with Gasteiger partial charge in [0.15, 0.2) is 5.96 Å². The SMILES string of the molecule is CCNC(=NCc1nc(C(C)C)cs1)NCCCCCOC.I. The molecule has 134 valence electrons. The first-order valence-electron chi connectivity index (χ1n) is 8.12. The van der Waals surface area contributed by atoms with Crippen molar-refractivity contribution in [2.75, 3.05) is 26.8 Å². The van der Waals surface area contributed by atoms with Crippen LogP contribution in [0.1, 0.15) is 56.7 Å². The zero-order valence-corrected chi connectivity index (χ0v) is 17.9. The number of thiazole rings is 1. The Bertz CT molecular complexity index is 437. The van der Waals surface area contributed by atoms with Crippen molar-refractivity contribution in [2.24, 2.45) is 4.99 Å². The van der Waals surface area contributed by atoms with Crippen LogP contribution < -0.4 is 10.6 Å². The first kappa shape index (κ1) is 22.6. The molecule has 0 aromatic carbocycles. The smallest absolute Gasteiger partial charge is 0.191 e. The van der Waals surface area contributed by atoms with Crippen LogP contribution in [0.2, 0.25) is 0 Å². The maximum absolute atomic E-state index is 5.05. The van der Waals surface area contributed by atoms with Crippen LogP contribution in [0, 0.1) is 0 Å². The molecule has 0 saturated heterocycles. The van der Waals surface area contributed by atoms with Gasteiger partial charge in [0.2, 0.25) is 0 Å². The summed E-state index contributed by atoms with van der Waals surface area (Å²) in [7, 11) is 1.75. The molecular weight excluding hydrogens is 423 g/mol. The van der Waals surface area contributed by atoms with Crippen molar-refractivity contribution in [3.05, 3.63) is 16.1 Å². The second-order valence-electron chi connectivity index (χ2n) is 5.50. The highest BCUT2D eigenvalue weighted by Crippen LogP contribution is 2.18. The third-order valence-corrected chi connectivity index (χ3v) is 4.05. The fourth-order valence-corrected chi connectivity index (χ4v) is 2.79. The Hall–Kier alpha value is -0.410. The summed E-state index contributed by atoms with van der Waals surface area (Å²) >= 11 is 1.69. The van der Waals surface area contributed by atoms with Gasteiger partial charge in [-0.2, -0.15) is 0 Å². The first-order chi connectivity index (χ1) is 10.7. The number of hydrogen-bond donors (Lipinski definition) is 2. The average Bonchev–Trinajstić information content (AvgIpc) is 2.97. The summed E-state index contributed by atoms with van der Waals surface area (Å²) in [5, 5.41) is 9.85. The lowest BCUT2D eigenvalue weighted by atomic mass is 10.2. The highest BCUT2D eigenvalue weighted by atomic mass is 127. The molecule has 0 amide bonds. The summed E-state index contributed by atoms with van der Waals surface area (Å²) in [6.07, 6.45) is 3.41. The second-order valence-corrected chi connectivity index (χ2v) is 6.44. The molecule has 23 heavy (non-hydrogen) atoms. The summed E-state index contributed by atoms with van der Waals surface area (Å²) in [5.41, 5.74) is 1.16. The number of nitrogens with one attached hydrogen (secondary N) is 2. The molecule has 0 atom stereocenters. The van der Waals surface area contributed by atoms with Crippen LogP contribution in [-0.2, 0) is 11.3 Å². The first-order valence-corrected chi connectivity index (χ1v) is 9.00. The third-order valence-electron chi connectivity index (χ3n) is 3.20. The molecule has 1 rings (SSSR count). The Kier molecular flexibility index (Phi) is 13.7. The second kappa shape index (κ2) is 14.0. The molecule has 0 aliphatic carbocycles. The van der Waals surface area contributed by atoms with E-state index in [2.05, 4.69) is 46.8 Å². The van der Waals surface area contributed by atoms with E-state index in [-0.39, 0.29) is 24.0 Å². The third kappa shape index (κ3) is 10.1. The fourth-order valence-electron chi connectivity index (χ4n) is 1.91. The maximum Gasteiger partial charge on any atom is 0.191 e. The number of ether oxygens (including phenoxy) is 1. The molecule has 0 aliphatic heterocycles. The number of guanidine groups is 1. The van der Waals surface area contributed by atoms with Gasteiger partial charge in [-0.05, 0) is 32.1 Å². The van der Waals surface area contributed by atoms with E-state index >= 15 is 0 Å². The zero-order valence-electron chi connectivity index (χ0n) is 14.7. The van der Waals surface area contributed by atoms with Crippen molar-refractivity contribution >= 4 is 41.3 Å². The topological polar surface area (TPSA) is 58.5 Å². The summed E-state index contributed by atoms with van der Waals surface area (Å²) in [6.45, 7) is 9.69. The van der Waals surface area contributed by atoms with E-state index in [4.69, 9.17) is 4.74 Å². The summed E-state index contributed by atoms with van der Waals surface area (Å²) in [6, 6.07) is 0. The molecule has 0 saturated carbocycles. The minimum absolute atomic E-state index is 0. The standard InChI is InChI=1S/C16H30N4OS.HI/c1-5-17-16(18-9-7-6-8-10-21-4)19-11-15-20-14(12-22-15)13(2)3;/h12-13H,5-11H2,1-4H3,(H2,17,18,19);1H. The molecule has 0 radical (unpaired) electrons. The number of nitrogens with zero attached hydrogens (tertiary/aromatic N) is 2. The van der Waals surface area contributed by atoms with Crippen molar-refractivity contribution in [1.29, 1.82) is 0 Å². The van der Waals surface area contributed by atoms with Gasteiger partial charge in [-0.3, -0.25) is 0 Å². The van der Waals surface area contributed by atoms with Crippen LogP contribution in [-0.4, -0.2) is 37.7 Å². The minimum Gasteiger partial charge on any atom is -0.385 e. The molecule has 0 spiro atoms. The monoisotopic (exact) mass is 454 g/mol. The highest BCUT2D eigenvalue weighted by Gasteiger charge is 2.05. The van der Waals surface area contributed by atoms with Gasteiger partial charge >= 0.3 is 0 Å². The van der Waals surface area contributed by atoms with Crippen molar-refractivity contribution in [2.45, 2.75) is 52.5 Å². The zero-order chi connectivity index (χ0) is 16.2. The number of aromatic nitrogens is 1. The summed E-state index contributed by atoms with van der Waals surface area (Å²) in [4.78, 5) is 9.22. The van der Waals surface area contributed by atoms with Gasteiger partial charge in [-0.25, -0.2) is 9.98 Å². The van der Waals surface area contributed by atoms with Gasteiger partial charge in [0.1, 0.15) is 5.01 Å². The Labute approximate surface area is 161 Å². The number of rotatable bonds is 10. The molecule has 0 unspecified atom stereocenters. The van der Waals surface area contributed by atoms with Crippen LogP contribution in [0.15, 0.2) is 10.4 Å². The fraction of sp³-hybridized carbons (Fsp3) is 0.750. The van der Waals surface area contributed by atoms with Gasteiger partial charge < -0.3 is 15.4 Å². The summed E-state index contributed by atoms with van der Waals surface area (Å²) < 4.78 is 5.05. The molecule has 2 N–H and O–H groups in total. The van der Waals surface area contributed by atoms with Gasteiger partial charge in [-0.1, -0.05) is 13.8 Å². The predicted octanol–water partition coefficient (Wildman–Crippen LogP) is 3.76. The van der Waals surface area contributed by atoms with E-state index < -0.39 is 0 Å². The van der Waals surface area contributed by atoms with Gasteiger partial charge in [0.25, 0.3) is 0 Å². The lowest BCUT2D eigenvalue weighted by Gasteiger charge is -2.10. The van der Waals surface area contributed by atoms with Crippen LogP contribution in [0.5, 0.6) is 0 Å². The molecule has 0 bridgehead atoms. The van der Waals surface area contributed by atoms with Gasteiger partial charge in [0, 0.05) is 32.2 Å². The summed E-state index contributed by atoms with van der Waals surface area (Å²) in [5.74, 6) is 1.35. The Morgan fingerprint density at radius 1 is 1.30 bits per heavy atom. The van der Waals surface area contributed by atoms with E-state index in [1.807, 2.05) is 0 Å². The largest absolute Gasteiger partial charge is 0.385 e. The van der Waals surface area contributed by atoms with Crippen molar-refractivity contribution < 1.29 is 4.74 Å². The lowest BCUT2D eigenvalue weighted by molar-refractivity contribution is 0.192. The molecule has 0 aliphatic rings. The molecular formula is C16H31IN4OS. The van der Waals surface area contributed by atoms with Crippen molar-refractivity contribution in [1.82, 2.24) is 15.6 Å². The predicted molar refractivity (Wildman–Crippen MR) is 110 cm³/mol. The van der Waals surface area contributed by atoms with Crippen LogP contribution in [0.4, 0.5) is 0 Å². The van der Waals surface area contributed by atoms with E-state index in [1.165, 1.54) is 6.42 Å². The molecule has 1 heterocycles. The number of unbranched alkanes of at least 4 members (excludes halogenated alkanes) is 2. The van der Waals surface area contributed by atoms with Crippen LogP contribution >= 0.6 is 35.3 Å². The normalized spacial score (nSPS) is 11.4. The molecule has 1 aromatic heterocycles. The number of methoxy groups -OCH3 is 1. The van der Waals surface area contributed by atoms with Gasteiger partial charge in [0.05, 0.1) is 12.2 Å². The number of halogens is 1. The number of aliphatic imine (C=N–C) groups is 1. The van der Waals surface area contributed by atoms with Crippen LogP contribution in [0.3, 0.4) is 0 Å². The lowest BCUT2D eigenvalue weighted by Crippen LogP contribution is -2.37. The molecule has 1 aromatic rings. The van der Waals surface area contributed by atoms with Crippen molar-refractivity contribution in [3.8, 4) is 0 Å². The molecule has 0 fully saturated rings. The maximum atomic E-state index is 5.05. The Morgan fingerprint density at radius 2 is 2.09 bits per heavy atom. The molecule has 7 heteroatoms.